The van der Waals surface area contributed by atoms with Crippen LogP contribution in [0, 0.1) is 41.4 Å². The normalized spacial score (nSPS) is 33.5. The van der Waals surface area contributed by atoms with Gasteiger partial charge in [-0.2, -0.15) is 5.10 Å². The number of fused-ring (bicyclic) bond motifs is 7. The number of H-pyrrole nitrogens is 1. The molecule has 41 heavy (non-hydrogen) atoms. The summed E-state index contributed by atoms with van der Waals surface area (Å²) < 4.78 is 0. The van der Waals surface area contributed by atoms with E-state index in [1.54, 1.807) is 24.3 Å². The highest BCUT2D eigenvalue weighted by Gasteiger charge is 2.63. The molecule has 0 spiro atoms. The first-order chi connectivity index (χ1) is 19.9. The number of para-hydroxylation sites is 2. The molecule has 1 unspecified atom stereocenters. The number of aliphatic hydroxyl groups is 1. The molecule has 3 fully saturated rings. The van der Waals surface area contributed by atoms with Gasteiger partial charge in [-0.1, -0.05) is 36.6 Å². The molecule has 1 amide bonds. The second-order valence-corrected chi connectivity index (χ2v) is 12.7. The fourth-order valence-corrected chi connectivity index (χ4v) is 9.38. The molecular formula is C35H37N3O3. The van der Waals surface area contributed by atoms with Crippen molar-refractivity contribution in [1.82, 2.24) is 10.4 Å². The van der Waals surface area contributed by atoms with E-state index in [-0.39, 0.29) is 16.8 Å². The molecule has 0 aliphatic heterocycles. The number of aromatic nitrogens is 1. The van der Waals surface area contributed by atoms with Crippen LogP contribution in [-0.4, -0.2) is 27.3 Å². The van der Waals surface area contributed by atoms with E-state index in [1.165, 1.54) is 5.57 Å². The zero-order valence-corrected chi connectivity index (χ0v) is 23.6. The Balaban J connectivity index is 1.11. The van der Waals surface area contributed by atoms with E-state index < -0.39 is 5.60 Å². The maximum atomic E-state index is 13.3. The monoisotopic (exact) mass is 547 g/mol. The molecule has 0 radical (unpaired) electrons. The minimum absolute atomic E-state index is 0.0885. The topological polar surface area (TPSA) is 94.6 Å². The highest BCUT2D eigenvalue weighted by Crippen LogP contribution is 2.66. The Morgan fingerprint density at radius 3 is 2.73 bits per heavy atom. The summed E-state index contributed by atoms with van der Waals surface area (Å²) in [6.45, 7) is 2.21. The van der Waals surface area contributed by atoms with Crippen molar-refractivity contribution in [3.63, 3.8) is 0 Å². The van der Waals surface area contributed by atoms with Gasteiger partial charge in [-0.15, -0.1) is 6.42 Å². The molecule has 3 aromatic rings. The van der Waals surface area contributed by atoms with Crippen LogP contribution in [0.1, 0.15) is 75.1 Å². The van der Waals surface area contributed by atoms with Crippen molar-refractivity contribution in [2.24, 2.45) is 34.2 Å². The second-order valence-electron chi connectivity index (χ2n) is 12.7. The molecule has 210 valence electrons. The van der Waals surface area contributed by atoms with E-state index in [1.807, 2.05) is 18.2 Å². The Hall–Kier alpha value is -3.69. The Kier molecular flexibility index (Phi) is 6.21. The molecule has 3 N–H and O–H groups in total. The van der Waals surface area contributed by atoms with Gasteiger partial charge in [-0.05, 0) is 112 Å². The highest BCUT2D eigenvalue weighted by atomic mass is 16.3. The number of nitrogens with one attached hydrogen (secondary N) is 2. The molecule has 0 bridgehead atoms. The summed E-state index contributed by atoms with van der Waals surface area (Å²) in [6.07, 6.45) is 17.0. The highest BCUT2D eigenvalue weighted by molar-refractivity contribution is 6.08. The Morgan fingerprint density at radius 2 is 1.90 bits per heavy atom. The quantitative estimate of drug-likeness (QED) is 0.210. The lowest BCUT2D eigenvalue weighted by Crippen LogP contribution is -2.53. The fraction of sp³-hybridized carbons (Fsp3) is 0.457. The lowest BCUT2D eigenvalue weighted by atomic mass is 9.49. The average molecular weight is 548 g/mol. The van der Waals surface area contributed by atoms with E-state index in [0.29, 0.717) is 51.0 Å². The number of hydrogen-bond donors (Lipinski definition) is 3. The fourth-order valence-electron chi connectivity index (χ4n) is 9.38. The number of allylic oxidation sites excluding steroid dienone is 2. The van der Waals surface area contributed by atoms with Crippen molar-refractivity contribution in [1.29, 1.82) is 0 Å². The minimum Gasteiger partial charge on any atom is -0.377 e. The van der Waals surface area contributed by atoms with Gasteiger partial charge in [0.25, 0.3) is 5.91 Å². The summed E-state index contributed by atoms with van der Waals surface area (Å²) in [5.41, 5.74) is 5.60. The number of carbonyl (C=O) groups excluding carboxylic acids is 1. The van der Waals surface area contributed by atoms with Crippen LogP contribution in [0.15, 0.2) is 64.0 Å². The number of aromatic amines is 1. The van der Waals surface area contributed by atoms with Crippen LogP contribution in [0.4, 0.5) is 0 Å². The molecule has 1 heterocycles. The second kappa shape index (κ2) is 9.70. The lowest BCUT2D eigenvalue weighted by Gasteiger charge is -2.56. The van der Waals surface area contributed by atoms with Crippen LogP contribution in [0.3, 0.4) is 0 Å². The number of terminal acetylenes is 1. The molecule has 2 aromatic carbocycles. The summed E-state index contributed by atoms with van der Waals surface area (Å²) in [7, 11) is 0. The molecule has 0 saturated heterocycles. The molecule has 3 saturated carbocycles. The zero-order chi connectivity index (χ0) is 28.4. The maximum Gasteiger partial charge on any atom is 0.273 e. The van der Waals surface area contributed by atoms with Gasteiger partial charge in [0.05, 0.1) is 16.8 Å². The third kappa shape index (κ3) is 3.85. The number of hydrazone groups is 1. The van der Waals surface area contributed by atoms with Crippen LogP contribution in [0.25, 0.3) is 21.8 Å². The van der Waals surface area contributed by atoms with Crippen LogP contribution in [-0.2, 0) is 0 Å². The van der Waals surface area contributed by atoms with Crippen molar-refractivity contribution in [3.8, 4) is 12.3 Å². The van der Waals surface area contributed by atoms with Gasteiger partial charge in [-0.3, -0.25) is 9.59 Å². The summed E-state index contributed by atoms with van der Waals surface area (Å²) in [4.78, 5) is 29.6. The molecule has 4 aliphatic carbocycles. The largest absolute Gasteiger partial charge is 0.377 e. The first kappa shape index (κ1) is 26.2. The Morgan fingerprint density at radius 1 is 1.07 bits per heavy atom. The molecule has 1 aromatic heterocycles. The number of hydrogen-bond acceptors (Lipinski definition) is 4. The van der Waals surface area contributed by atoms with Crippen molar-refractivity contribution < 1.29 is 9.90 Å². The summed E-state index contributed by atoms with van der Waals surface area (Å²) in [5, 5.41) is 17.0. The van der Waals surface area contributed by atoms with Crippen molar-refractivity contribution in [2.45, 2.75) is 70.3 Å². The van der Waals surface area contributed by atoms with Crippen LogP contribution < -0.4 is 10.9 Å². The van der Waals surface area contributed by atoms with Gasteiger partial charge in [0.1, 0.15) is 5.60 Å². The summed E-state index contributed by atoms with van der Waals surface area (Å²) in [6, 6.07) is 12.6. The third-order valence-electron chi connectivity index (χ3n) is 11.3. The minimum atomic E-state index is -0.956. The molecule has 7 rings (SSSR count). The van der Waals surface area contributed by atoms with Gasteiger partial charge in [0, 0.05) is 21.7 Å². The SMILES string of the molecule is C#C[C@]1(O)CC[C@H]2[C@@H]3CCC4=CC(=NNC(=O)c5cccc6c(=O)c7ccccc7[nH]c56)CCC4[C@H]3CC[C@@]21CC. The maximum absolute atomic E-state index is 13.3. The van der Waals surface area contributed by atoms with E-state index >= 15 is 0 Å². The van der Waals surface area contributed by atoms with E-state index in [0.717, 1.165) is 63.5 Å². The Bertz CT molecular complexity index is 1730. The van der Waals surface area contributed by atoms with Gasteiger partial charge in [-0.25, -0.2) is 5.43 Å². The summed E-state index contributed by atoms with van der Waals surface area (Å²) >= 11 is 0. The van der Waals surface area contributed by atoms with Crippen LogP contribution in [0.5, 0.6) is 0 Å². The van der Waals surface area contributed by atoms with Crippen LogP contribution >= 0.6 is 0 Å². The first-order valence-electron chi connectivity index (χ1n) is 15.2. The molecule has 6 atom stereocenters. The number of nitrogens with zero attached hydrogens (tertiary/aromatic N) is 1. The predicted molar refractivity (Wildman–Crippen MR) is 162 cm³/mol. The number of benzene rings is 2. The van der Waals surface area contributed by atoms with Gasteiger partial charge >= 0.3 is 0 Å². The number of rotatable bonds is 3. The standard InChI is InChI=1S/C35H37N3O3/c1-3-34-18-16-24-23-15-13-22(20-21(23)12-14-25(24)29(34)17-19-35(34,41)4-2)37-38-33(40)28-10-7-9-27-31(28)36-30-11-6-5-8-26(30)32(27)39/h2,5-11,20,23-25,29,41H,3,12-19H2,1H3,(H,36,39)(H,38,40)/t23?,24-,25-,29+,34+,35+/m1/s1. The molecule has 4 aliphatic rings. The number of pyridine rings is 1. The Labute approximate surface area is 240 Å². The summed E-state index contributed by atoms with van der Waals surface area (Å²) in [5.74, 6) is 4.81. The van der Waals surface area contributed by atoms with E-state index in [2.05, 4.69) is 34.4 Å². The van der Waals surface area contributed by atoms with Gasteiger partial charge in [0.15, 0.2) is 5.43 Å². The van der Waals surface area contributed by atoms with Crippen LogP contribution in [0.2, 0.25) is 0 Å². The van der Waals surface area contributed by atoms with Crippen molar-refractivity contribution >= 4 is 33.4 Å². The lowest BCUT2D eigenvalue weighted by molar-refractivity contribution is -0.0989. The van der Waals surface area contributed by atoms with Gasteiger partial charge < -0.3 is 10.1 Å². The number of carbonyl (C=O) groups is 1. The first-order valence-corrected chi connectivity index (χ1v) is 15.2. The van der Waals surface area contributed by atoms with Crippen molar-refractivity contribution in [2.75, 3.05) is 0 Å². The predicted octanol–water partition coefficient (Wildman–Crippen LogP) is 6.09. The smallest absolute Gasteiger partial charge is 0.273 e. The number of amides is 1. The van der Waals surface area contributed by atoms with Gasteiger partial charge in [0.2, 0.25) is 0 Å². The average Bonchev–Trinajstić information content (AvgIpc) is 3.32. The van der Waals surface area contributed by atoms with E-state index in [4.69, 9.17) is 6.42 Å². The molecule has 6 nitrogen and oxygen atoms in total. The van der Waals surface area contributed by atoms with Crippen molar-refractivity contribution in [3.05, 3.63) is 69.9 Å². The zero-order valence-electron chi connectivity index (χ0n) is 23.6. The molecule has 6 heteroatoms. The molecular weight excluding hydrogens is 510 g/mol. The third-order valence-corrected chi connectivity index (χ3v) is 11.3. The van der Waals surface area contributed by atoms with E-state index in [9.17, 15) is 14.7 Å².